The SMILES string of the molecule is [CH2-]C(=O)O.[CH2-]C(=O)O.[Y+3]. The van der Waals surface area contributed by atoms with Crippen LogP contribution in [0.3, 0.4) is 0 Å². The van der Waals surface area contributed by atoms with Crippen LogP contribution in [0.4, 0.5) is 0 Å². The van der Waals surface area contributed by atoms with Crippen molar-refractivity contribution in [3.63, 3.8) is 0 Å². The van der Waals surface area contributed by atoms with Crippen molar-refractivity contribution in [3.05, 3.63) is 13.8 Å². The molecule has 0 aromatic carbocycles. The first-order valence-corrected chi connectivity index (χ1v) is 1.56. The second-order valence-corrected chi connectivity index (χ2v) is 0.787. The molecule has 0 atom stereocenters. The van der Waals surface area contributed by atoms with Crippen LogP contribution in [0.15, 0.2) is 0 Å². The number of hydrogen-bond donors (Lipinski definition) is 2. The Labute approximate surface area is 78.1 Å². The van der Waals surface area contributed by atoms with E-state index in [0.29, 0.717) is 0 Å². The Bertz CT molecular complexity index is 70.6. The zero-order chi connectivity index (χ0) is 7.15. The second kappa shape index (κ2) is 10.7. The summed E-state index contributed by atoms with van der Waals surface area (Å²) in [5.41, 5.74) is 0. The van der Waals surface area contributed by atoms with Gasteiger partial charge in [-0.3, -0.25) is 23.4 Å². The van der Waals surface area contributed by atoms with Gasteiger partial charge in [0.25, 0.3) is 0 Å². The summed E-state index contributed by atoms with van der Waals surface area (Å²) >= 11 is 0. The van der Waals surface area contributed by atoms with E-state index in [4.69, 9.17) is 19.8 Å². The molecule has 0 rings (SSSR count). The van der Waals surface area contributed by atoms with Gasteiger partial charge in [-0.05, 0) is 0 Å². The fourth-order valence-corrected chi connectivity index (χ4v) is 0. The Kier molecular flexibility index (Phi) is 18.9. The molecule has 9 heavy (non-hydrogen) atoms. The van der Waals surface area contributed by atoms with Crippen molar-refractivity contribution in [1.82, 2.24) is 0 Å². The minimum Gasteiger partial charge on any atom is -0.503 e. The maximum atomic E-state index is 8.89. The summed E-state index contributed by atoms with van der Waals surface area (Å²) < 4.78 is 0. The summed E-state index contributed by atoms with van der Waals surface area (Å²) in [6, 6.07) is 0. The van der Waals surface area contributed by atoms with Gasteiger partial charge >= 0.3 is 32.7 Å². The van der Waals surface area contributed by atoms with Crippen LogP contribution in [-0.2, 0) is 42.3 Å². The maximum Gasteiger partial charge on any atom is 3.00 e. The number of carbonyl (C=O) groups is 2. The van der Waals surface area contributed by atoms with E-state index in [2.05, 4.69) is 13.8 Å². The van der Waals surface area contributed by atoms with E-state index in [1.807, 2.05) is 0 Å². The van der Waals surface area contributed by atoms with E-state index < -0.39 is 11.9 Å². The fraction of sp³-hybridized carbons (Fsp3) is 0. The first kappa shape index (κ1) is 15.9. The number of aliphatic carboxylic acids is 2. The van der Waals surface area contributed by atoms with Crippen molar-refractivity contribution in [2.24, 2.45) is 0 Å². The molecule has 0 saturated carbocycles. The molecule has 48 valence electrons. The van der Waals surface area contributed by atoms with Crippen molar-refractivity contribution in [2.75, 3.05) is 0 Å². The Morgan fingerprint density at radius 3 is 1.00 bits per heavy atom. The summed E-state index contributed by atoms with van der Waals surface area (Å²) in [7, 11) is 0. The summed E-state index contributed by atoms with van der Waals surface area (Å²) in [5, 5.41) is 14.6. The van der Waals surface area contributed by atoms with Crippen LogP contribution >= 0.6 is 0 Å². The molecule has 0 radical (unpaired) electrons. The van der Waals surface area contributed by atoms with Crippen LogP contribution in [0.25, 0.3) is 0 Å². The summed E-state index contributed by atoms with van der Waals surface area (Å²) in [5.74, 6) is -2.17. The van der Waals surface area contributed by atoms with Gasteiger partial charge in [0.2, 0.25) is 0 Å². The van der Waals surface area contributed by atoms with Crippen LogP contribution in [0.2, 0.25) is 0 Å². The molecule has 0 aromatic rings. The molecule has 0 fully saturated rings. The predicted molar refractivity (Wildman–Crippen MR) is 26.0 cm³/mol. The van der Waals surface area contributed by atoms with Crippen LogP contribution in [-0.4, -0.2) is 22.2 Å². The van der Waals surface area contributed by atoms with Gasteiger partial charge in [0.15, 0.2) is 11.9 Å². The fourth-order valence-electron chi connectivity index (χ4n) is 0. The van der Waals surface area contributed by atoms with Gasteiger partial charge in [0.05, 0.1) is 0 Å². The van der Waals surface area contributed by atoms with Crippen LogP contribution in [0.5, 0.6) is 0 Å². The van der Waals surface area contributed by atoms with Crippen LogP contribution in [0, 0.1) is 13.8 Å². The van der Waals surface area contributed by atoms with E-state index in [1.165, 1.54) is 0 Å². The predicted octanol–water partition coefficient (Wildman–Crippen LogP) is -0.192. The number of hydrogen-bond acceptors (Lipinski definition) is 2. The van der Waals surface area contributed by atoms with Gasteiger partial charge < -0.3 is 10.2 Å². The standard InChI is InChI=1S/2C2H3O2.Y/c2*1-2(3)4;/h2*1H2,(H,3,4);/q2*-1;+3. The smallest absolute Gasteiger partial charge is 0.503 e. The summed E-state index contributed by atoms with van der Waals surface area (Å²) in [6.45, 7) is 5.11. The van der Waals surface area contributed by atoms with Crippen molar-refractivity contribution in [2.45, 2.75) is 0 Å². The minimum atomic E-state index is -1.08. The maximum absolute atomic E-state index is 8.89. The molecule has 0 aliphatic rings. The van der Waals surface area contributed by atoms with Crippen molar-refractivity contribution >= 4 is 11.9 Å². The van der Waals surface area contributed by atoms with E-state index >= 15 is 0 Å². The van der Waals surface area contributed by atoms with Gasteiger partial charge in [0.1, 0.15) is 0 Å². The molecule has 0 aliphatic carbocycles. The summed E-state index contributed by atoms with van der Waals surface area (Å²) in [6.07, 6.45) is 0. The molecule has 4 nitrogen and oxygen atoms in total. The topological polar surface area (TPSA) is 74.6 Å². The average molecular weight is 207 g/mol. The quantitative estimate of drug-likeness (QED) is 0.539. The first-order chi connectivity index (χ1) is 3.46. The molecule has 0 spiro atoms. The van der Waals surface area contributed by atoms with Crippen molar-refractivity contribution < 1.29 is 52.5 Å². The molecule has 0 aromatic heterocycles. The van der Waals surface area contributed by atoms with Crippen LogP contribution in [0.1, 0.15) is 0 Å². The average Bonchev–Trinajstić information content (AvgIpc) is 1.25. The molecule has 5 heteroatoms. The van der Waals surface area contributed by atoms with Gasteiger partial charge in [0, 0.05) is 0 Å². The van der Waals surface area contributed by atoms with Gasteiger partial charge in [-0.25, -0.2) is 0 Å². The zero-order valence-corrected chi connectivity index (χ0v) is 7.54. The zero-order valence-electron chi connectivity index (χ0n) is 4.70. The monoisotopic (exact) mass is 207 g/mol. The normalized spacial score (nSPS) is 5.33. The number of rotatable bonds is 0. The molecule has 0 heterocycles. The summed E-state index contributed by atoms with van der Waals surface area (Å²) in [4.78, 5) is 17.8. The second-order valence-electron chi connectivity index (χ2n) is 0.787. The molecule has 0 unspecified atom stereocenters. The van der Waals surface area contributed by atoms with Crippen molar-refractivity contribution in [1.29, 1.82) is 0 Å². The first-order valence-electron chi connectivity index (χ1n) is 1.56. The number of carboxylic acid groups (broad SMARTS) is 2. The Hall–Kier alpha value is -0.216. The van der Waals surface area contributed by atoms with E-state index in [9.17, 15) is 0 Å². The third kappa shape index (κ3) is 5580. The Balaban J connectivity index is -0.0000000720. The van der Waals surface area contributed by atoms with Crippen LogP contribution < -0.4 is 0 Å². The van der Waals surface area contributed by atoms with Gasteiger partial charge in [-0.15, -0.1) is 0 Å². The largest absolute Gasteiger partial charge is 3.00 e. The molecule has 2 N–H and O–H groups in total. The third-order valence-electron chi connectivity index (χ3n) is 0. The minimum absolute atomic E-state index is 0. The van der Waals surface area contributed by atoms with Crippen molar-refractivity contribution in [3.8, 4) is 0 Å². The van der Waals surface area contributed by atoms with Gasteiger partial charge in [-0.1, -0.05) is 0 Å². The third-order valence-corrected chi connectivity index (χ3v) is 0. The van der Waals surface area contributed by atoms with E-state index in [1.54, 1.807) is 0 Å². The molecular weight excluding hydrogens is 201 g/mol. The van der Waals surface area contributed by atoms with E-state index in [0.717, 1.165) is 0 Å². The van der Waals surface area contributed by atoms with Gasteiger partial charge in [-0.2, -0.15) is 0 Å². The Morgan fingerprint density at radius 1 is 1.00 bits per heavy atom. The molecule has 0 saturated heterocycles. The Morgan fingerprint density at radius 2 is 1.00 bits per heavy atom. The molecule has 0 bridgehead atoms. The molecular formula is C4H6O4Y+. The number of carboxylic acids is 2. The molecule has 0 aliphatic heterocycles. The van der Waals surface area contributed by atoms with E-state index in [-0.39, 0.29) is 32.7 Å². The molecule has 0 amide bonds.